The van der Waals surface area contributed by atoms with Gasteiger partial charge in [-0.25, -0.2) is 0 Å². The molecule has 0 bridgehead atoms. The molecule has 1 atom stereocenters. The summed E-state index contributed by atoms with van der Waals surface area (Å²) in [7, 11) is 0. The summed E-state index contributed by atoms with van der Waals surface area (Å²) < 4.78 is 0. The molecule has 0 aliphatic carbocycles. The summed E-state index contributed by atoms with van der Waals surface area (Å²) in [5.41, 5.74) is 0. The van der Waals surface area contributed by atoms with E-state index in [2.05, 4.69) is 5.32 Å². The molecule has 0 aromatic heterocycles. The second-order valence-corrected chi connectivity index (χ2v) is 5.52. The zero-order valence-corrected chi connectivity index (χ0v) is 12.8. The number of carbonyl (C=O) groups excluding carboxylic acids is 2. The Morgan fingerprint density at radius 1 is 1.19 bits per heavy atom. The van der Waals surface area contributed by atoms with Crippen molar-refractivity contribution in [2.45, 2.75) is 64.3 Å². The van der Waals surface area contributed by atoms with Crippen molar-refractivity contribution >= 4 is 17.8 Å². The fraction of sp³-hybridized carbons (Fsp3) is 0.800. The highest BCUT2D eigenvalue weighted by atomic mass is 16.4. The molecule has 0 saturated carbocycles. The van der Waals surface area contributed by atoms with Gasteiger partial charge in [-0.15, -0.1) is 0 Å². The topological polar surface area (TPSA) is 86.7 Å². The number of carboxylic acids is 1. The van der Waals surface area contributed by atoms with Gasteiger partial charge in [0.25, 0.3) is 0 Å². The molecule has 0 radical (unpaired) electrons. The van der Waals surface area contributed by atoms with Crippen LogP contribution in [0, 0.1) is 0 Å². The fourth-order valence-corrected chi connectivity index (χ4v) is 2.64. The van der Waals surface area contributed by atoms with Gasteiger partial charge in [0.05, 0.1) is 0 Å². The summed E-state index contributed by atoms with van der Waals surface area (Å²) in [6.07, 6.45) is 4.74. The first-order chi connectivity index (χ1) is 10.0. The Balaban J connectivity index is 2.41. The summed E-state index contributed by atoms with van der Waals surface area (Å²) in [5, 5.41) is 11.5. The third-order valence-corrected chi connectivity index (χ3v) is 3.78. The van der Waals surface area contributed by atoms with Crippen molar-refractivity contribution in [2.75, 3.05) is 13.1 Å². The summed E-state index contributed by atoms with van der Waals surface area (Å²) in [5.74, 6) is -0.951. The highest BCUT2D eigenvalue weighted by Crippen LogP contribution is 2.22. The van der Waals surface area contributed by atoms with Gasteiger partial charge in [-0.1, -0.05) is 6.92 Å². The van der Waals surface area contributed by atoms with Crippen LogP contribution in [0.25, 0.3) is 0 Å². The minimum atomic E-state index is -0.827. The maximum absolute atomic E-state index is 12.2. The van der Waals surface area contributed by atoms with Crippen molar-refractivity contribution in [3.05, 3.63) is 0 Å². The number of hydrogen-bond donors (Lipinski definition) is 2. The molecule has 6 nitrogen and oxygen atoms in total. The molecule has 1 aliphatic heterocycles. The number of nitrogens with one attached hydrogen (secondary N) is 1. The minimum absolute atomic E-state index is 0.0149. The minimum Gasteiger partial charge on any atom is -0.481 e. The Hall–Kier alpha value is -1.59. The molecule has 0 aromatic rings. The Kier molecular flexibility index (Phi) is 7.79. The van der Waals surface area contributed by atoms with Crippen molar-refractivity contribution in [1.82, 2.24) is 10.2 Å². The predicted molar refractivity (Wildman–Crippen MR) is 78.8 cm³/mol. The lowest BCUT2D eigenvalue weighted by molar-refractivity contribution is -0.140. The number of rotatable bonds is 8. The zero-order valence-electron chi connectivity index (χ0n) is 12.8. The van der Waals surface area contributed by atoms with Gasteiger partial charge in [-0.3, -0.25) is 14.4 Å². The zero-order chi connectivity index (χ0) is 15.7. The van der Waals surface area contributed by atoms with E-state index >= 15 is 0 Å². The van der Waals surface area contributed by atoms with E-state index in [9.17, 15) is 14.4 Å². The fourth-order valence-electron chi connectivity index (χ4n) is 2.64. The number of carbonyl (C=O) groups is 3. The van der Waals surface area contributed by atoms with Gasteiger partial charge in [0.1, 0.15) is 0 Å². The quantitative estimate of drug-likeness (QED) is 0.711. The first kappa shape index (κ1) is 17.5. The highest BCUT2D eigenvalue weighted by Gasteiger charge is 2.26. The lowest BCUT2D eigenvalue weighted by Crippen LogP contribution is -2.44. The molecular formula is C15H26N2O4. The summed E-state index contributed by atoms with van der Waals surface area (Å²) in [4.78, 5) is 36.2. The van der Waals surface area contributed by atoms with Crippen LogP contribution in [0.15, 0.2) is 0 Å². The van der Waals surface area contributed by atoms with Crippen LogP contribution in [-0.4, -0.2) is 46.9 Å². The van der Waals surface area contributed by atoms with Gasteiger partial charge >= 0.3 is 5.97 Å². The SMILES string of the molecule is CCCNC(=O)CCC(=O)N1CCCCC1CCC(=O)O. The number of carboxylic acid groups (broad SMARTS) is 1. The molecular weight excluding hydrogens is 272 g/mol. The van der Waals surface area contributed by atoms with Crippen molar-refractivity contribution in [3.8, 4) is 0 Å². The monoisotopic (exact) mass is 298 g/mol. The molecule has 1 heterocycles. The molecule has 1 rings (SSSR count). The molecule has 1 unspecified atom stereocenters. The van der Waals surface area contributed by atoms with E-state index in [1.807, 2.05) is 6.92 Å². The van der Waals surface area contributed by atoms with E-state index in [1.54, 1.807) is 4.90 Å². The van der Waals surface area contributed by atoms with Crippen LogP contribution in [0.5, 0.6) is 0 Å². The van der Waals surface area contributed by atoms with Crippen LogP contribution in [0.2, 0.25) is 0 Å². The number of amides is 2. The van der Waals surface area contributed by atoms with E-state index < -0.39 is 5.97 Å². The van der Waals surface area contributed by atoms with Gasteiger partial charge in [-0.05, 0) is 32.1 Å². The maximum atomic E-state index is 12.2. The van der Waals surface area contributed by atoms with E-state index in [0.717, 1.165) is 25.7 Å². The normalized spacial score (nSPS) is 18.3. The Morgan fingerprint density at radius 2 is 1.95 bits per heavy atom. The van der Waals surface area contributed by atoms with Crippen molar-refractivity contribution in [1.29, 1.82) is 0 Å². The van der Waals surface area contributed by atoms with Gasteiger partial charge in [0, 0.05) is 38.4 Å². The first-order valence-electron chi connectivity index (χ1n) is 7.82. The number of nitrogens with zero attached hydrogens (tertiary/aromatic N) is 1. The average Bonchev–Trinajstić information content (AvgIpc) is 2.48. The number of hydrogen-bond acceptors (Lipinski definition) is 3. The maximum Gasteiger partial charge on any atom is 0.303 e. The van der Waals surface area contributed by atoms with E-state index in [1.165, 1.54) is 0 Å². The van der Waals surface area contributed by atoms with E-state index in [4.69, 9.17) is 5.11 Å². The number of likely N-dealkylation sites (tertiary alicyclic amines) is 1. The van der Waals surface area contributed by atoms with Crippen LogP contribution in [0.4, 0.5) is 0 Å². The molecule has 1 saturated heterocycles. The second-order valence-electron chi connectivity index (χ2n) is 5.52. The number of aliphatic carboxylic acids is 1. The van der Waals surface area contributed by atoms with Crippen molar-refractivity contribution < 1.29 is 19.5 Å². The highest BCUT2D eigenvalue weighted by molar-refractivity contribution is 5.84. The smallest absolute Gasteiger partial charge is 0.303 e. The summed E-state index contributed by atoms with van der Waals surface area (Å²) in [6.45, 7) is 3.30. The van der Waals surface area contributed by atoms with Crippen LogP contribution in [-0.2, 0) is 14.4 Å². The lowest BCUT2D eigenvalue weighted by Gasteiger charge is -2.35. The average molecular weight is 298 g/mol. The van der Waals surface area contributed by atoms with Crippen LogP contribution < -0.4 is 5.32 Å². The molecule has 0 spiro atoms. The molecule has 120 valence electrons. The molecule has 2 N–H and O–H groups in total. The third-order valence-electron chi connectivity index (χ3n) is 3.78. The standard InChI is InChI=1S/C15H26N2O4/c1-2-10-16-13(18)7-8-14(19)17-11-4-3-5-12(17)6-9-15(20)21/h12H,2-11H2,1H3,(H,16,18)(H,20,21). The molecule has 1 aliphatic rings. The van der Waals surface area contributed by atoms with Crippen LogP contribution >= 0.6 is 0 Å². The number of piperidine rings is 1. The summed E-state index contributed by atoms with van der Waals surface area (Å²) >= 11 is 0. The third kappa shape index (κ3) is 6.60. The molecule has 6 heteroatoms. The predicted octanol–water partition coefficient (Wildman–Crippen LogP) is 1.54. The molecule has 0 aromatic carbocycles. The Labute approximate surface area is 125 Å². The van der Waals surface area contributed by atoms with Crippen LogP contribution in [0.1, 0.15) is 58.3 Å². The van der Waals surface area contributed by atoms with Crippen molar-refractivity contribution in [3.63, 3.8) is 0 Å². The largest absolute Gasteiger partial charge is 0.481 e. The van der Waals surface area contributed by atoms with E-state index in [0.29, 0.717) is 19.5 Å². The lowest BCUT2D eigenvalue weighted by atomic mass is 9.97. The molecule has 1 fully saturated rings. The first-order valence-corrected chi connectivity index (χ1v) is 7.82. The Morgan fingerprint density at radius 3 is 2.62 bits per heavy atom. The second kappa shape index (κ2) is 9.37. The van der Waals surface area contributed by atoms with Crippen molar-refractivity contribution in [2.24, 2.45) is 0 Å². The molecule has 2 amide bonds. The van der Waals surface area contributed by atoms with E-state index in [-0.39, 0.29) is 37.1 Å². The molecule has 21 heavy (non-hydrogen) atoms. The van der Waals surface area contributed by atoms with Crippen LogP contribution in [0.3, 0.4) is 0 Å². The van der Waals surface area contributed by atoms with Gasteiger partial charge in [-0.2, -0.15) is 0 Å². The van der Waals surface area contributed by atoms with Gasteiger partial charge in [0.2, 0.25) is 11.8 Å². The summed E-state index contributed by atoms with van der Waals surface area (Å²) in [6, 6.07) is 0.0149. The van der Waals surface area contributed by atoms with Gasteiger partial charge in [0.15, 0.2) is 0 Å². The Bertz CT molecular complexity index is 371. The van der Waals surface area contributed by atoms with Gasteiger partial charge < -0.3 is 15.3 Å².